The van der Waals surface area contributed by atoms with Gasteiger partial charge in [0.25, 0.3) is 5.89 Å². The molecule has 2 aliphatic rings. The fourth-order valence-electron chi connectivity index (χ4n) is 4.25. The highest BCUT2D eigenvalue weighted by atomic mass is 19.3. The van der Waals surface area contributed by atoms with Gasteiger partial charge in [0.2, 0.25) is 5.89 Å². The molecule has 0 radical (unpaired) electrons. The maximum Gasteiger partial charge on any atom is 0.324 e. The lowest BCUT2D eigenvalue weighted by Crippen LogP contribution is -2.59. The zero-order valence-corrected chi connectivity index (χ0v) is 19.4. The first kappa shape index (κ1) is 25.1. The van der Waals surface area contributed by atoms with E-state index in [9.17, 15) is 22.4 Å². The normalized spacial score (nSPS) is 16.8. The number of anilines is 1. The minimum absolute atomic E-state index is 0.0142. The number of rotatable bonds is 6. The van der Waals surface area contributed by atoms with Gasteiger partial charge in [-0.15, -0.1) is 10.2 Å². The van der Waals surface area contributed by atoms with Crippen LogP contribution < -0.4 is 4.90 Å². The highest BCUT2D eigenvalue weighted by Crippen LogP contribution is 2.28. The Labute approximate surface area is 208 Å². The minimum Gasteiger partial charge on any atom is -0.415 e. The molecule has 2 fully saturated rings. The first-order chi connectivity index (χ1) is 17.8. The number of hydrogen-bond donors (Lipinski definition) is 0. The molecule has 1 aromatic heterocycles. The van der Waals surface area contributed by atoms with Crippen LogP contribution in [0.1, 0.15) is 17.9 Å². The maximum absolute atomic E-state index is 15.1. The van der Waals surface area contributed by atoms with Crippen LogP contribution in [0.4, 0.5) is 32.4 Å². The van der Waals surface area contributed by atoms with Crippen molar-refractivity contribution in [2.24, 2.45) is 0 Å². The van der Waals surface area contributed by atoms with Gasteiger partial charge in [0, 0.05) is 43.4 Å². The fraction of sp³-hybridized carbons (Fsp3) is 0.375. The van der Waals surface area contributed by atoms with Gasteiger partial charge in [0.15, 0.2) is 0 Å². The molecule has 2 aliphatic heterocycles. The van der Waals surface area contributed by atoms with Gasteiger partial charge in [-0.05, 0) is 24.3 Å². The van der Waals surface area contributed by atoms with Gasteiger partial charge in [0.1, 0.15) is 17.5 Å². The topological polar surface area (TPSA) is 74.9 Å². The Bertz CT molecular complexity index is 1280. The van der Waals surface area contributed by atoms with Gasteiger partial charge >= 0.3 is 12.5 Å². The molecule has 5 rings (SSSR count). The average Bonchev–Trinajstić information content (AvgIpc) is 3.35. The second-order valence-corrected chi connectivity index (χ2v) is 8.73. The molecule has 8 nitrogen and oxygen atoms in total. The number of piperazine rings is 1. The molecular formula is C24H22F5N5O3. The number of carbonyl (C=O) groups excluding carboxylic acids is 1. The van der Waals surface area contributed by atoms with Gasteiger partial charge < -0.3 is 14.1 Å². The lowest BCUT2D eigenvalue weighted by atomic mass is 10.1. The fourth-order valence-corrected chi connectivity index (χ4v) is 4.25. The number of urea groups is 1. The molecule has 0 saturated carbocycles. The predicted molar refractivity (Wildman–Crippen MR) is 120 cm³/mol. The number of nitrogens with zero attached hydrogens (tertiary/aromatic N) is 5. The number of benzene rings is 2. The smallest absolute Gasteiger partial charge is 0.324 e. The van der Waals surface area contributed by atoms with Crippen molar-refractivity contribution in [3.63, 3.8) is 0 Å². The Hall–Kier alpha value is -3.58. The van der Waals surface area contributed by atoms with Crippen LogP contribution in [0, 0.1) is 17.5 Å². The zero-order valence-electron chi connectivity index (χ0n) is 19.4. The van der Waals surface area contributed by atoms with Crippen LogP contribution in [0.5, 0.6) is 0 Å². The van der Waals surface area contributed by atoms with Crippen molar-refractivity contribution in [2.45, 2.75) is 19.0 Å². The second-order valence-electron chi connectivity index (χ2n) is 8.73. The molecule has 2 amide bonds. The Morgan fingerprint density at radius 2 is 1.76 bits per heavy atom. The SMILES string of the molecule is O=C(N1CCN(C2COC2)CC1)N(Cc1ccc(-c2nnc(C(F)F)o2)cc1F)c1cc(F)ccc1F. The predicted octanol–water partition coefficient (Wildman–Crippen LogP) is 4.23. The Morgan fingerprint density at radius 1 is 1.00 bits per heavy atom. The summed E-state index contributed by atoms with van der Waals surface area (Å²) in [6, 6.07) is 6.04. The van der Waals surface area contributed by atoms with E-state index in [2.05, 4.69) is 15.1 Å². The summed E-state index contributed by atoms with van der Waals surface area (Å²) in [4.78, 5) is 18.2. The molecule has 2 saturated heterocycles. The minimum atomic E-state index is -2.98. The highest BCUT2D eigenvalue weighted by Gasteiger charge is 2.33. The summed E-state index contributed by atoms with van der Waals surface area (Å²) >= 11 is 0. The molecule has 0 aliphatic carbocycles. The molecule has 37 heavy (non-hydrogen) atoms. The van der Waals surface area contributed by atoms with Crippen LogP contribution in [-0.4, -0.2) is 71.5 Å². The summed E-state index contributed by atoms with van der Waals surface area (Å²) in [7, 11) is 0. The molecule has 0 atom stereocenters. The summed E-state index contributed by atoms with van der Waals surface area (Å²) in [6.07, 6.45) is -2.98. The zero-order chi connectivity index (χ0) is 26.1. The van der Waals surface area contributed by atoms with Crippen LogP contribution in [0.3, 0.4) is 0 Å². The van der Waals surface area contributed by atoms with Gasteiger partial charge in [-0.25, -0.2) is 18.0 Å². The molecule has 0 bridgehead atoms. The molecule has 0 N–H and O–H groups in total. The van der Waals surface area contributed by atoms with Crippen molar-refractivity contribution in [3.8, 4) is 11.5 Å². The largest absolute Gasteiger partial charge is 0.415 e. The van der Waals surface area contributed by atoms with Gasteiger partial charge in [-0.3, -0.25) is 9.80 Å². The summed E-state index contributed by atoms with van der Waals surface area (Å²) in [5.41, 5.74) is -0.298. The third-order valence-corrected chi connectivity index (χ3v) is 6.41. The second kappa shape index (κ2) is 10.4. The molecule has 13 heteroatoms. The molecule has 196 valence electrons. The van der Waals surface area contributed by atoms with Gasteiger partial charge in [0.05, 0.1) is 31.5 Å². The number of carbonyl (C=O) groups is 1. The van der Waals surface area contributed by atoms with E-state index in [1.54, 1.807) is 0 Å². The Balaban J connectivity index is 1.39. The van der Waals surface area contributed by atoms with Gasteiger partial charge in [-0.2, -0.15) is 8.78 Å². The summed E-state index contributed by atoms with van der Waals surface area (Å²) in [5, 5.41) is 6.70. The Kier molecular flexibility index (Phi) is 7.07. The van der Waals surface area contributed by atoms with Crippen molar-refractivity contribution in [3.05, 3.63) is 65.3 Å². The van der Waals surface area contributed by atoms with E-state index in [1.807, 2.05) is 0 Å². The summed E-state index contributed by atoms with van der Waals surface area (Å²) in [5.74, 6) is -3.63. The number of amides is 2. The van der Waals surface area contributed by atoms with Crippen LogP contribution >= 0.6 is 0 Å². The number of aromatic nitrogens is 2. The standard InChI is InChI=1S/C24H22F5N5O3/c25-16-3-4-18(26)20(10-16)34(24(35)33-7-5-32(6-8-33)17-12-36-13-17)11-15-2-1-14(9-19(15)27)22-30-31-23(37-22)21(28)29/h1-4,9-10,17,21H,5-8,11-13H2. The summed E-state index contributed by atoms with van der Waals surface area (Å²) < 4.78 is 79.4. The lowest BCUT2D eigenvalue weighted by molar-refractivity contribution is -0.0738. The maximum atomic E-state index is 15.1. The quantitative estimate of drug-likeness (QED) is 0.451. The molecular weight excluding hydrogens is 501 g/mol. The molecule has 3 heterocycles. The monoisotopic (exact) mass is 523 g/mol. The van der Waals surface area contributed by atoms with Crippen molar-refractivity contribution in [1.29, 1.82) is 0 Å². The molecule has 3 aromatic rings. The first-order valence-electron chi connectivity index (χ1n) is 11.5. The highest BCUT2D eigenvalue weighted by molar-refractivity contribution is 5.92. The van der Waals surface area contributed by atoms with E-state index in [0.717, 1.165) is 29.2 Å². The van der Waals surface area contributed by atoms with E-state index >= 15 is 4.39 Å². The average molecular weight is 523 g/mol. The van der Waals surface area contributed by atoms with Crippen LogP contribution in [0.2, 0.25) is 0 Å². The Morgan fingerprint density at radius 3 is 2.38 bits per heavy atom. The van der Waals surface area contributed by atoms with Crippen molar-refractivity contribution < 1.29 is 35.9 Å². The van der Waals surface area contributed by atoms with Crippen LogP contribution in [0.15, 0.2) is 40.8 Å². The van der Waals surface area contributed by atoms with E-state index in [1.165, 1.54) is 17.0 Å². The van der Waals surface area contributed by atoms with E-state index in [-0.39, 0.29) is 22.7 Å². The third-order valence-electron chi connectivity index (χ3n) is 6.41. The number of hydrogen-bond acceptors (Lipinski definition) is 6. The van der Waals surface area contributed by atoms with E-state index in [0.29, 0.717) is 45.4 Å². The van der Waals surface area contributed by atoms with Crippen LogP contribution in [-0.2, 0) is 11.3 Å². The molecule has 0 unspecified atom stereocenters. The number of ether oxygens (including phenoxy) is 1. The number of halogens is 5. The van der Waals surface area contributed by atoms with Crippen molar-refractivity contribution in [2.75, 3.05) is 44.3 Å². The van der Waals surface area contributed by atoms with Crippen molar-refractivity contribution in [1.82, 2.24) is 20.0 Å². The van der Waals surface area contributed by atoms with Gasteiger partial charge in [-0.1, -0.05) is 6.07 Å². The molecule has 2 aromatic carbocycles. The molecule has 0 spiro atoms. The number of alkyl halides is 2. The van der Waals surface area contributed by atoms with Crippen LogP contribution in [0.25, 0.3) is 11.5 Å². The van der Waals surface area contributed by atoms with Crippen molar-refractivity contribution >= 4 is 11.7 Å². The van der Waals surface area contributed by atoms with E-state index < -0.39 is 42.3 Å². The van der Waals surface area contributed by atoms with E-state index in [4.69, 9.17) is 9.15 Å². The lowest BCUT2D eigenvalue weighted by Gasteiger charge is -2.43. The summed E-state index contributed by atoms with van der Waals surface area (Å²) in [6.45, 7) is 2.75. The third kappa shape index (κ3) is 5.27. The first-order valence-corrected chi connectivity index (χ1v) is 11.5.